The Morgan fingerprint density at radius 1 is 0.846 bits per heavy atom. The zero-order valence-corrected chi connectivity index (χ0v) is 30.8. The van der Waals surface area contributed by atoms with Gasteiger partial charge >= 0.3 is 5.97 Å². The Morgan fingerprint density at radius 3 is 2.15 bits per heavy atom. The smallest absolute Gasteiger partial charge is 0.305 e. The van der Waals surface area contributed by atoms with Crippen LogP contribution in [0.15, 0.2) is 106 Å². The van der Waals surface area contributed by atoms with Gasteiger partial charge in [0, 0.05) is 52.8 Å². The summed E-state index contributed by atoms with van der Waals surface area (Å²) in [6, 6.07) is 0. The van der Waals surface area contributed by atoms with Gasteiger partial charge in [-0.25, -0.2) is 15.0 Å². The highest BCUT2D eigenvalue weighted by molar-refractivity contribution is 6.21. The van der Waals surface area contributed by atoms with Crippen LogP contribution >= 0.6 is 0 Å². The number of aliphatic hydroxyl groups is 3. The summed E-state index contributed by atoms with van der Waals surface area (Å²) in [4.78, 5) is 28.1. The molecule has 8 bridgehead atoms. The fourth-order valence-corrected chi connectivity index (χ4v) is 7.52. The van der Waals surface area contributed by atoms with Crippen LogP contribution < -0.4 is 5.32 Å². The number of allylic oxidation sites excluding steroid dienone is 11. The molecular formula is C40H50N4O8. The summed E-state index contributed by atoms with van der Waals surface area (Å²) < 4.78 is 21.6. The van der Waals surface area contributed by atoms with E-state index in [1.807, 2.05) is 32.1 Å². The van der Waals surface area contributed by atoms with E-state index in [1.54, 1.807) is 0 Å². The lowest BCUT2D eigenvalue weighted by Gasteiger charge is -2.17. The molecule has 0 aromatic rings. The lowest BCUT2D eigenvalue weighted by molar-refractivity contribution is -0.145. The van der Waals surface area contributed by atoms with Gasteiger partial charge in [0.1, 0.15) is 12.4 Å². The summed E-state index contributed by atoms with van der Waals surface area (Å²) in [6.07, 6.45) is 7.88. The number of hydrogen-bond acceptors (Lipinski definition) is 12. The number of aliphatic hydroxyl groups excluding tert-OH is 3. The van der Waals surface area contributed by atoms with E-state index < -0.39 is 0 Å². The van der Waals surface area contributed by atoms with Crippen molar-refractivity contribution >= 4 is 23.1 Å². The van der Waals surface area contributed by atoms with E-state index in [9.17, 15) is 15.0 Å². The SMILES string of the molecule is CCC1=C(C)C2=NC1=CC1=C(C)C3=C(O)CC(=C4NC(=CC5=NC(=C2)C(CO)=C5C)[C@@H](C)[C@@H]4CCC(=O)OCCOCCOCCOCCO)C3=N1. The van der Waals surface area contributed by atoms with Crippen molar-refractivity contribution in [3.05, 3.63) is 91.5 Å². The van der Waals surface area contributed by atoms with Crippen LogP contribution in [0.4, 0.5) is 0 Å². The van der Waals surface area contributed by atoms with Gasteiger partial charge < -0.3 is 39.6 Å². The van der Waals surface area contributed by atoms with Crippen molar-refractivity contribution in [2.45, 2.75) is 60.3 Å². The normalized spacial score (nSPS) is 22.3. The van der Waals surface area contributed by atoms with Crippen LogP contribution in [0.3, 0.4) is 0 Å². The Kier molecular flexibility index (Phi) is 12.0. The molecule has 1 aliphatic carbocycles. The second kappa shape index (κ2) is 16.6. The number of rotatable bonds is 16. The molecule has 5 heterocycles. The molecule has 278 valence electrons. The number of ether oxygens (including phenoxy) is 4. The lowest BCUT2D eigenvalue weighted by atomic mass is 9.86. The number of hydrogen-bond donors (Lipinski definition) is 4. The average Bonchev–Trinajstić information content (AvgIpc) is 3.88. The molecule has 0 spiro atoms. The van der Waals surface area contributed by atoms with Gasteiger partial charge in [0.15, 0.2) is 0 Å². The van der Waals surface area contributed by atoms with Gasteiger partial charge in [-0.05, 0) is 74.1 Å². The molecule has 0 aromatic carbocycles. The third-order valence-electron chi connectivity index (χ3n) is 10.5. The maximum absolute atomic E-state index is 12.9. The maximum Gasteiger partial charge on any atom is 0.305 e. The maximum atomic E-state index is 12.9. The van der Waals surface area contributed by atoms with Gasteiger partial charge in [0.05, 0.1) is 87.1 Å². The Hall–Kier alpha value is -4.20. The van der Waals surface area contributed by atoms with E-state index >= 15 is 0 Å². The minimum atomic E-state index is -0.307. The number of carbonyl (C=O) groups excluding carboxylic acids is 1. The molecule has 0 radical (unpaired) electrons. The molecule has 1 saturated heterocycles. The number of fused-ring (bicyclic) bond motifs is 5. The number of carbonyl (C=O) groups is 1. The van der Waals surface area contributed by atoms with Crippen LogP contribution in [0, 0.1) is 11.8 Å². The highest BCUT2D eigenvalue weighted by atomic mass is 16.6. The monoisotopic (exact) mass is 714 g/mol. The second-order valence-electron chi connectivity index (χ2n) is 13.6. The number of nitrogens with one attached hydrogen (secondary N) is 1. The summed E-state index contributed by atoms with van der Waals surface area (Å²) in [5.74, 6) is -0.102. The van der Waals surface area contributed by atoms with Crippen molar-refractivity contribution in [3.63, 3.8) is 0 Å². The minimum Gasteiger partial charge on any atom is -0.511 e. The van der Waals surface area contributed by atoms with Crippen LogP contribution in [-0.4, -0.2) is 97.9 Å². The molecule has 6 aliphatic rings. The van der Waals surface area contributed by atoms with Gasteiger partial charge in [-0.1, -0.05) is 13.8 Å². The van der Waals surface area contributed by atoms with Crippen LogP contribution in [0.25, 0.3) is 0 Å². The van der Waals surface area contributed by atoms with E-state index in [2.05, 4.69) is 26.1 Å². The first kappa shape index (κ1) is 37.6. The topological polar surface area (TPSA) is 164 Å². The minimum absolute atomic E-state index is 0.00835. The van der Waals surface area contributed by atoms with E-state index in [-0.39, 0.29) is 63.0 Å². The summed E-state index contributed by atoms with van der Waals surface area (Å²) in [6.45, 7) is 12.4. The van der Waals surface area contributed by atoms with Crippen molar-refractivity contribution in [1.29, 1.82) is 0 Å². The summed E-state index contributed by atoms with van der Waals surface area (Å²) in [7, 11) is 0. The van der Waals surface area contributed by atoms with Gasteiger partial charge in [-0.3, -0.25) is 4.79 Å². The highest BCUT2D eigenvalue weighted by Gasteiger charge is 2.41. The molecule has 4 N–H and O–H groups in total. The van der Waals surface area contributed by atoms with Gasteiger partial charge in [-0.2, -0.15) is 0 Å². The fourth-order valence-electron chi connectivity index (χ4n) is 7.52. The molecule has 52 heavy (non-hydrogen) atoms. The predicted molar refractivity (Wildman–Crippen MR) is 199 cm³/mol. The first-order valence-corrected chi connectivity index (χ1v) is 18.2. The Balaban J connectivity index is 1.23. The zero-order valence-electron chi connectivity index (χ0n) is 30.8. The quantitative estimate of drug-likeness (QED) is 0.127. The summed E-state index contributed by atoms with van der Waals surface area (Å²) in [5, 5.41) is 34.2. The van der Waals surface area contributed by atoms with Crippen LogP contribution in [0.2, 0.25) is 0 Å². The molecule has 0 aromatic heterocycles. The van der Waals surface area contributed by atoms with Crippen LogP contribution in [0.5, 0.6) is 0 Å². The van der Waals surface area contributed by atoms with Gasteiger partial charge in [0.2, 0.25) is 0 Å². The molecular weight excluding hydrogens is 664 g/mol. The molecule has 12 nitrogen and oxygen atoms in total. The molecule has 0 saturated carbocycles. The Morgan fingerprint density at radius 2 is 1.48 bits per heavy atom. The van der Waals surface area contributed by atoms with Crippen LogP contribution in [-0.2, 0) is 23.7 Å². The third-order valence-corrected chi connectivity index (χ3v) is 10.5. The molecule has 12 heteroatoms. The largest absolute Gasteiger partial charge is 0.511 e. The van der Waals surface area contributed by atoms with E-state index in [1.165, 1.54) is 0 Å². The first-order valence-electron chi connectivity index (χ1n) is 18.2. The van der Waals surface area contributed by atoms with Crippen molar-refractivity contribution in [2.75, 3.05) is 59.5 Å². The fraction of sp³-hybridized carbons (Fsp3) is 0.500. The van der Waals surface area contributed by atoms with E-state index in [0.717, 1.165) is 85.4 Å². The highest BCUT2D eigenvalue weighted by Crippen LogP contribution is 2.46. The summed E-state index contributed by atoms with van der Waals surface area (Å²) >= 11 is 0. The molecule has 6 rings (SSSR count). The molecule has 5 aliphatic heterocycles. The van der Waals surface area contributed by atoms with Crippen molar-refractivity contribution < 1.29 is 39.1 Å². The summed E-state index contributed by atoms with van der Waals surface area (Å²) in [5.41, 5.74) is 13.0. The number of aliphatic imine (C=N–C) groups is 3. The standard InChI is InChI=1S/C40H50N4O8/c1-6-26-22(2)31-19-35-29(21-46)24(4)30(42-35)18-32-23(3)27(7-8-37(48)52-16-15-51-14-13-50-12-11-49-10-9-45)39(43-32)28-17-36(47)38-25(5)33(44-40(28)38)20-34(26)41-31/h18-20,23,27,43,45-47H,6-17,21H2,1-5H3/t23-,27-/m0/s1. The molecule has 2 atom stereocenters. The van der Waals surface area contributed by atoms with Gasteiger partial charge in [-0.15, -0.1) is 0 Å². The third kappa shape index (κ3) is 7.62. The lowest BCUT2D eigenvalue weighted by Crippen LogP contribution is -2.17. The average molecular weight is 715 g/mol. The van der Waals surface area contributed by atoms with Crippen LogP contribution in [0.1, 0.15) is 60.3 Å². The predicted octanol–water partition coefficient (Wildman–Crippen LogP) is 5.02. The number of esters is 1. The van der Waals surface area contributed by atoms with Gasteiger partial charge in [0.25, 0.3) is 0 Å². The zero-order chi connectivity index (χ0) is 36.9. The van der Waals surface area contributed by atoms with Crippen molar-refractivity contribution in [3.8, 4) is 0 Å². The Bertz CT molecular complexity index is 1850. The molecule has 1 fully saturated rings. The first-order chi connectivity index (χ1) is 25.2. The van der Waals surface area contributed by atoms with Crippen molar-refractivity contribution in [1.82, 2.24) is 5.32 Å². The molecule has 0 unspecified atom stereocenters. The Labute approximate surface area is 305 Å². The molecule has 0 amide bonds. The van der Waals surface area contributed by atoms with E-state index in [0.29, 0.717) is 45.0 Å². The van der Waals surface area contributed by atoms with E-state index in [4.69, 9.17) is 39.0 Å². The van der Waals surface area contributed by atoms with Crippen molar-refractivity contribution in [2.24, 2.45) is 26.8 Å². The second-order valence-corrected chi connectivity index (χ2v) is 13.6. The number of nitrogens with zero attached hydrogens (tertiary/aromatic N) is 3.